The number of nitrogens with zero attached hydrogens (tertiary/aromatic N) is 5. The summed E-state index contributed by atoms with van der Waals surface area (Å²) < 4.78 is 1.69. The lowest BCUT2D eigenvalue weighted by molar-refractivity contribution is 0.741. The molecule has 0 aromatic carbocycles. The van der Waals surface area contributed by atoms with E-state index in [1.165, 1.54) is 0 Å². The molecule has 0 spiro atoms. The third-order valence-electron chi connectivity index (χ3n) is 1.84. The molecule has 0 aliphatic heterocycles. The molecule has 0 aliphatic carbocycles. The van der Waals surface area contributed by atoms with Gasteiger partial charge < -0.3 is 5.32 Å². The largest absolute Gasteiger partial charge is 0.354 e. The molecule has 78 valence electrons. The van der Waals surface area contributed by atoms with Crippen molar-refractivity contribution in [2.24, 2.45) is 7.05 Å². The summed E-state index contributed by atoms with van der Waals surface area (Å²) in [4.78, 5) is 12.2. The van der Waals surface area contributed by atoms with Gasteiger partial charge in [0.15, 0.2) is 5.82 Å². The van der Waals surface area contributed by atoms with Crippen molar-refractivity contribution in [2.45, 2.75) is 6.42 Å². The molecule has 2 aromatic heterocycles. The summed E-state index contributed by atoms with van der Waals surface area (Å²) >= 11 is 0. The number of nitrogens with one attached hydrogen (secondary N) is 1. The Morgan fingerprint density at radius 1 is 1.27 bits per heavy atom. The second-order valence-electron chi connectivity index (χ2n) is 3.08. The number of hydrogen-bond acceptors (Lipinski definition) is 5. The van der Waals surface area contributed by atoms with Gasteiger partial charge in [-0.1, -0.05) is 0 Å². The summed E-state index contributed by atoms with van der Waals surface area (Å²) in [5.74, 6) is 1.45. The van der Waals surface area contributed by atoms with E-state index >= 15 is 0 Å². The van der Waals surface area contributed by atoms with Crippen molar-refractivity contribution in [1.82, 2.24) is 24.7 Å². The number of aryl methyl sites for hydroxylation is 1. The van der Waals surface area contributed by atoms with Crippen LogP contribution in [0.3, 0.4) is 0 Å². The fraction of sp³-hybridized carbons (Fsp3) is 0.333. The predicted molar refractivity (Wildman–Crippen MR) is 55.2 cm³/mol. The van der Waals surface area contributed by atoms with Crippen LogP contribution < -0.4 is 5.32 Å². The monoisotopic (exact) mass is 204 g/mol. The number of hydrogen-bond donors (Lipinski definition) is 1. The number of anilines is 1. The zero-order valence-corrected chi connectivity index (χ0v) is 8.46. The number of rotatable bonds is 4. The van der Waals surface area contributed by atoms with Gasteiger partial charge in [-0.2, -0.15) is 5.10 Å². The lowest BCUT2D eigenvalue weighted by Crippen LogP contribution is -2.08. The summed E-state index contributed by atoms with van der Waals surface area (Å²) in [7, 11) is 1.85. The Balaban J connectivity index is 1.80. The molecule has 0 saturated carbocycles. The van der Waals surface area contributed by atoms with E-state index < -0.39 is 0 Å². The Labute approximate surface area is 87.4 Å². The van der Waals surface area contributed by atoms with Gasteiger partial charge in [0, 0.05) is 32.4 Å². The van der Waals surface area contributed by atoms with Gasteiger partial charge in [-0.3, -0.25) is 4.68 Å². The van der Waals surface area contributed by atoms with Gasteiger partial charge in [-0.25, -0.2) is 15.0 Å². The van der Waals surface area contributed by atoms with Gasteiger partial charge >= 0.3 is 0 Å². The molecule has 6 heteroatoms. The Morgan fingerprint density at radius 2 is 2.07 bits per heavy atom. The van der Waals surface area contributed by atoms with Crippen LogP contribution in [0, 0.1) is 0 Å². The first-order valence-electron chi connectivity index (χ1n) is 4.70. The van der Waals surface area contributed by atoms with Crippen LogP contribution in [0.4, 0.5) is 5.95 Å². The van der Waals surface area contributed by atoms with E-state index in [0.29, 0.717) is 5.95 Å². The lowest BCUT2D eigenvalue weighted by Gasteiger charge is -2.00. The van der Waals surface area contributed by atoms with Crippen molar-refractivity contribution in [3.63, 3.8) is 0 Å². The van der Waals surface area contributed by atoms with Crippen molar-refractivity contribution >= 4 is 5.95 Å². The van der Waals surface area contributed by atoms with Gasteiger partial charge in [0.1, 0.15) is 6.33 Å². The van der Waals surface area contributed by atoms with E-state index in [-0.39, 0.29) is 0 Å². The summed E-state index contributed by atoms with van der Waals surface area (Å²) in [6.45, 7) is 0.730. The SMILES string of the molecule is Cn1cnc(CCNc2ncccn2)n1. The average molecular weight is 204 g/mol. The van der Waals surface area contributed by atoms with Gasteiger partial charge in [0.2, 0.25) is 5.95 Å². The Morgan fingerprint density at radius 3 is 2.73 bits per heavy atom. The highest BCUT2D eigenvalue weighted by atomic mass is 15.3. The second kappa shape index (κ2) is 4.50. The fourth-order valence-corrected chi connectivity index (χ4v) is 1.17. The van der Waals surface area contributed by atoms with Crippen molar-refractivity contribution in [1.29, 1.82) is 0 Å². The molecule has 15 heavy (non-hydrogen) atoms. The predicted octanol–water partition coefficient (Wildman–Crippen LogP) is 0.260. The zero-order chi connectivity index (χ0) is 10.5. The molecule has 2 heterocycles. The summed E-state index contributed by atoms with van der Waals surface area (Å²) in [5, 5.41) is 7.26. The van der Waals surface area contributed by atoms with Crippen LogP contribution in [0.2, 0.25) is 0 Å². The minimum atomic E-state index is 0.633. The summed E-state index contributed by atoms with van der Waals surface area (Å²) in [6.07, 6.45) is 5.86. The maximum atomic E-state index is 4.17. The Hall–Kier alpha value is -1.98. The lowest BCUT2D eigenvalue weighted by atomic mass is 10.4. The second-order valence-corrected chi connectivity index (χ2v) is 3.08. The first-order valence-corrected chi connectivity index (χ1v) is 4.70. The van der Waals surface area contributed by atoms with Gasteiger partial charge in [-0.15, -0.1) is 0 Å². The highest BCUT2D eigenvalue weighted by molar-refractivity contribution is 5.21. The first kappa shape index (κ1) is 9.57. The standard InChI is InChI=1S/C9H12N6/c1-15-7-13-8(14-15)3-6-12-9-10-4-2-5-11-9/h2,4-5,7H,3,6H2,1H3,(H,10,11,12). The Bertz CT molecular complexity index is 410. The molecule has 2 rings (SSSR count). The Kier molecular flexibility index (Phi) is 2.87. The van der Waals surface area contributed by atoms with E-state index in [2.05, 4.69) is 25.4 Å². The van der Waals surface area contributed by atoms with Crippen LogP contribution in [-0.2, 0) is 13.5 Å². The molecule has 6 nitrogen and oxygen atoms in total. The molecule has 0 bridgehead atoms. The fourth-order valence-electron chi connectivity index (χ4n) is 1.17. The maximum Gasteiger partial charge on any atom is 0.222 e. The van der Waals surface area contributed by atoms with Gasteiger partial charge in [0.05, 0.1) is 0 Å². The topological polar surface area (TPSA) is 68.5 Å². The van der Waals surface area contributed by atoms with Crippen molar-refractivity contribution in [2.75, 3.05) is 11.9 Å². The number of aromatic nitrogens is 5. The van der Waals surface area contributed by atoms with E-state index in [1.807, 2.05) is 7.05 Å². The van der Waals surface area contributed by atoms with Crippen LogP contribution in [0.1, 0.15) is 5.82 Å². The van der Waals surface area contributed by atoms with Crippen LogP contribution >= 0.6 is 0 Å². The zero-order valence-electron chi connectivity index (χ0n) is 8.46. The minimum Gasteiger partial charge on any atom is -0.354 e. The van der Waals surface area contributed by atoms with Crippen LogP contribution in [-0.4, -0.2) is 31.3 Å². The third-order valence-corrected chi connectivity index (χ3v) is 1.84. The summed E-state index contributed by atoms with van der Waals surface area (Å²) in [6, 6.07) is 1.78. The first-order chi connectivity index (χ1) is 7.34. The van der Waals surface area contributed by atoms with Gasteiger partial charge in [-0.05, 0) is 6.07 Å². The van der Waals surface area contributed by atoms with Crippen molar-refractivity contribution < 1.29 is 0 Å². The van der Waals surface area contributed by atoms with E-state index in [1.54, 1.807) is 29.5 Å². The molecular weight excluding hydrogens is 192 g/mol. The van der Waals surface area contributed by atoms with Crippen molar-refractivity contribution in [3.8, 4) is 0 Å². The van der Waals surface area contributed by atoms with Gasteiger partial charge in [0.25, 0.3) is 0 Å². The molecule has 0 aliphatic rings. The molecule has 0 fully saturated rings. The normalized spacial score (nSPS) is 10.2. The van der Waals surface area contributed by atoms with E-state index in [9.17, 15) is 0 Å². The highest BCUT2D eigenvalue weighted by Gasteiger charge is 1.98. The molecule has 1 N–H and O–H groups in total. The van der Waals surface area contributed by atoms with Crippen molar-refractivity contribution in [3.05, 3.63) is 30.6 Å². The van der Waals surface area contributed by atoms with E-state index in [0.717, 1.165) is 18.8 Å². The average Bonchev–Trinajstić information content (AvgIpc) is 2.66. The van der Waals surface area contributed by atoms with Crippen LogP contribution in [0.25, 0.3) is 0 Å². The van der Waals surface area contributed by atoms with Crippen LogP contribution in [0.5, 0.6) is 0 Å². The molecule has 0 atom stereocenters. The summed E-state index contributed by atoms with van der Waals surface area (Å²) in [5.41, 5.74) is 0. The molecule has 0 unspecified atom stereocenters. The molecular formula is C9H12N6. The minimum absolute atomic E-state index is 0.633. The van der Waals surface area contributed by atoms with E-state index in [4.69, 9.17) is 0 Å². The maximum absolute atomic E-state index is 4.17. The smallest absolute Gasteiger partial charge is 0.222 e. The van der Waals surface area contributed by atoms with Crippen LogP contribution in [0.15, 0.2) is 24.8 Å². The molecule has 0 saturated heterocycles. The molecule has 2 aromatic rings. The molecule has 0 radical (unpaired) electrons. The molecule has 0 amide bonds. The third kappa shape index (κ3) is 2.73. The quantitative estimate of drug-likeness (QED) is 0.773. The highest BCUT2D eigenvalue weighted by Crippen LogP contribution is 1.95.